The number of aryl methyl sites for hydroxylation is 1. The van der Waals surface area contributed by atoms with Gasteiger partial charge in [0.1, 0.15) is 12.4 Å². The van der Waals surface area contributed by atoms with Crippen molar-refractivity contribution in [3.8, 4) is 11.4 Å². The van der Waals surface area contributed by atoms with Crippen LogP contribution in [0.4, 0.5) is 0 Å². The molecule has 3 aromatic rings. The molecule has 0 aliphatic carbocycles. The molecule has 2 heterocycles. The highest BCUT2D eigenvalue weighted by Gasteiger charge is 2.16. The predicted molar refractivity (Wildman–Crippen MR) is 115 cm³/mol. The van der Waals surface area contributed by atoms with Crippen molar-refractivity contribution in [1.29, 1.82) is 0 Å². The number of hydrogen-bond donors (Lipinski definition) is 0. The molecule has 0 N–H and O–H groups in total. The molecule has 29 heavy (non-hydrogen) atoms. The van der Waals surface area contributed by atoms with E-state index in [1.54, 1.807) is 11.8 Å². The minimum atomic E-state index is 0.370. The minimum Gasteiger partial charge on any atom is -0.486 e. The van der Waals surface area contributed by atoms with Crippen molar-refractivity contribution < 1.29 is 9.47 Å². The quantitative estimate of drug-likeness (QED) is 0.529. The van der Waals surface area contributed by atoms with Crippen LogP contribution in [-0.4, -0.2) is 58.3 Å². The molecule has 0 unspecified atom stereocenters. The normalized spacial score (nSPS) is 14.8. The summed E-state index contributed by atoms with van der Waals surface area (Å²) in [6, 6.07) is 18.2. The van der Waals surface area contributed by atoms with Crippen molar-refractivity contribution in [2.75, 3.05) is 38.6 Å². The van der Waals surface area contributed by atoms with E-state index in [0.717, 1.165) is 61.0 Å². The Morgan fingerprint density at radius 3 is 2.52 bits per heavy atom. The standard InChI is InChI=1S/C22H26N4O2S/c1-18-7-9-19(10-8-18)26-21(17-28-20-5-3-2-4-6-20)23-24-22(26)29-16-13-25-11-14-27-15-12-25/h2-10H,11-17H2,1H3. The Hall–Kier alpha value is -2.35. The molecule has 1 fully saturated rings. The van der Waals surface area contributed by atoms with Gasteiger partial charge in [0.25, 0.3) is 0 Å². The number of rotatable bonds is 8. The summed E-state index contributed by atoms with van der Waals surface area (Å²) in [7, 11) is 0. The molecule has 2 aromatic carbocycles. The molecule has 0 amide bonds. The summed E-state index contributed by atoms with van der Waals surface area (Å²) in [5.74, 6) is 2.59. The third-order valence-corrected chi connectivity index (χ3v) is 5.76. The third-order valence-electron chi connectivity index (χ3n) is 4.85. The molecule has 7 heteroatoms. The van der Waals surface area contributed by atoms with E-state index in [-0.39, 0.29) is 0 Å². The van der Waals surface area contributed by atoms with Gasteiger partial charge in [0.15, 0.2) is 11.0 Å². The number of ether oxygens (including phenoxy) is 2. The summed E-state index contributed by atoms with van der Waals surface area (Å²) < 4.78 is 13.5. The Balaban J connectivity index is 1.49. The lowest BCUT2D eigenvalue weighted by Crippen LogP contribution is -2.37. The van der Waals surface area contributed by atoms with Crippen molar-refractivity contribution in [1.82, 2.24) is 19.7 Å². The van der Waals surface area contributed by atoms with E-state index in [1.807, 2.05) is 30.3 Å². The van der Waals surface area contributed by atoms with E-state index in [0.29, 0.717) is 6.61 Å². The molecule has 1 aromatic heterocycles. The fourth-order valence-corrected chi connectivity index (χ4v) is 4.17. The Kier molecular flexibility index (Phi) is 6.82. The van der Waals surface area contributed by atoms with E-state index in [2.05, 4.69) is 50.9 Å². The van der Waals surface area contributed by atoms with Crippen LogP contribution in [0.1, 0.15) is 11.4 Å². The van der Waals surface area contributed by atoms with E-state index in [1.165, 1.54) is 5.56 Å². The van der Waals surface area contributed by atoms with Gasteiger partial charge in [-0.1, -0.05) is 47.7 Å². The molecule has 0 spiro atoms. The van der Waals surface area contributed by atoms with Gasteiger partial charge >= 0.3 is 0 Å². The molecule has 6 nitrogen and oxygen atoms in total. The smallest absolute Gasteiger partial charge is 0.195 e. The van der Waals surface area contributed by atoms with Gasteiger partial charge in [-0.05, 0) is 31.2 Å². The van der Waals surface area contributed by atoms with Crippen LogP contribution in [0.2, 0.25) is 0 Å². The zero-order valence-electron chi connectivity index (χ0n) is 16.7. The molecule has 4 rings (SSSR count). The number of nitrogens with zero attached hydrogens (tertiary/aromatic N) is 4. The van der Waals surface area contributed by atoms with E-state index in [9.17, 15) is 0 Å². The summed E-state index contributed by atoms with van der Waals surface area (Å²) in [4.78, 5) is 2.43. The van der Waals surface area contributed by atoms with Crippen LogP contribution in [-0.2, 0) is 11.3 Å². The summed E-state index contributed by atoms with van der Waals surface area (Å²) in [6.45, 7) is 7.13. The molecule has 0 radical (unpaired) electrons. The molecule has 0 bridgehead atoms. The topological polar surface area (TPSA) is 52.4 Å². The van der Waals surface area contributed by atoms with Gasteiger partial charge in [-0.2, -0.15) is 0 Å². The maximum absolute atomic E-state index is 5.94. The molecule has 0 atom stereocenters. The van der Waals surface area contributed by atoms with Crippen LogP contribution < -0.4 is 4.74 Å². The molecule has 152 valence electrons. The molecule has 1 saturated heterocycles. The lowest BCUT2D eigenvalue weighted by atomic mass is 10.2. The van der Waals surface area contributed by atoms with Crippen LogP contribution in [0.15, 0.2) is 59.8 Å². The highest BCUT2D eigenvalue weighted by atomic mass is 32.2. The summed E-state index contributed by atoms with van der Waals surface area (Å²) >= 11 is 1.73. The van der Waals surface area contributed by atoms with Crippen LogP contribution in [0.25, 0.3) is 5.69 Å². The van der Waals surface area contributed by atoms with Crippen LogP contribution in [0.3, 0.4) is 0 Å². The minimum absolute atomic E-state index is 0.370. The van der Waals surface area contributed by atoms with Crippen molar-refractivity contribution in [2.45, 2.75) is 18.7 Å². The van der Waals surface area contributed by atoms with Gasteiger partial charge in [0.05, 0.1) is 13.2 Å². The molecule has 1 aliphatic rings. The average Bonchev–Trinajstić information content (AvgIpc) is 3.17. The SMILES string of the molecule is Cc1ccc(-n2c(COc3ccccc3)nnc2SCCN2CCOCC2)cc1. The van der Waals surface area contributed by atoms with Crippen LogP contribution >= 0.6 is 11.8 Å². The largest absolute Gasteiger partial charge is 0.486 e. The Bertz CT molecular complexity index is 893. The Morgan fingerprint density at radius 2 is 1.76 bits per heavy atom. The number of thioether (sulfide) groups is 1. The first-order chi connectivity index (χ1) is 14.3. The lowest BCUT2D eigenvalue weighted by molar-refractivity contribution is 0.0410. The van der Waals surface area contributed by atoms with Crippen molar-refractivity contribution >= 4 is 11.8 Å². The maximum Gasteiger partial charge on any atom is 0.195 e. The van der Waals surface area contributed by atoms with Gasteiger partial charge in [-0.15, -0.1) is 10.2 Å². The van der Waals surface area contributed by atoms with E-state index in [4.69, 9.17) is 9.47 Å². The first-order valence-corrected chi connectivity index (χ1v) is 10.9. The second-order valence-electron chi connectivity index (χ2n) is 6.97. The van der Waals surface area contributed by atoms with Gasteiger partial charge in [0.2, 0.25) is 0 Å². The fourth-order valence-electron chi connectivity index (χ4n) is 3.20. The van der Waals surface area contributed by atoms with E-state index < -0.39 is 0 Å². The Morgan fingerprint density at radius 1 is 1.00 bits per heavy atom. The molecular formula is C22H26N4O2S. The van der Waals surface area contributed by atoms with Gasteiger partial charge in [-0.3, -0.25) is 9.47 Å². The molecular weight excluding hydrogens is 384 g/mol. The first kappa shape index (κ1) is 19.9. The highest BCUT2D eigenvalue weighted by molar-refractivity contribution is 7.99. The summed E-state index contributed by atoms with van der Waals surface area (Å²) in [5, 5.41) is 9.79. The molecule has 0 saturated carbocycles. The second-order valence-corrected chi connectivity index (χ2v) is 8.04. The lowest BCUT2D eigenvalue weighted by Gasteiger charge is -2.26. The summed E-state index contributed by atoms with van der Waals surface area (Å²) in [5.41, 5.74) is 2.28. The van der Waals surface area contributed by atoms with Gasteiger partial charge < -0.3 is 9.47 Å². The van der Waals surface area contributed by atoms with E-state index >= 15 is 0 Å². The number of para-hydroxylation sites is 1. The van der Waals surface area contributed by atoms with Crippen LogP contribution in [0.5, 0.6) is 5.75 Å². The second kappa shape index (κ2) is 9.91. The summed E-state index contributed by atoms with van der Waals surface area (Å²) in [6.07, 6.45) is 0. The number of aromatic nitrogens is 3. The Labute approximate surface area is 175 Å². The zero-order chi connectivity index (χ0) is 19.9. The first-order valence-electron chi connectivity index (χ1n) is 9.92. The average molecular weight is 411 g/mol. The zero-order valence-corrected chi connectivity index (χ0v) is 17.5. The number of morpholine rings is 1. The van der Waals surface area contributed by atoms with Crippen LogP contribution in [0, 0.1) is 6.92 Å². The number of hydrogen-bond acceptors (Lipinski definition) is 6. The van der Waals surface area contributed by atoms with Gasteiger partial charge in [0, 0.05) is 31.1 Å². The molecule has 1 aliphatic heterocycles. The maximum atomic E-state index is 5.94. The number of benzene rings is 2. The fraction of sp³-hybridized carbons (Fsp3) is 0.364. The van der Waals surface area contributed by atoms with Crippen molar-refractivity contribution in [3.63, 3.8) is 0 Å². The predicted octanol–water partition coefficient (Wildman–Crippen LogP) is 3.58. The third kappa shape index (κ3) is 5.38. The van der Waals surface area contributed by atoms with Crippen molar-refractivity contribution in [3.05, 3.63) is 66.0 Å². The van der Waals surface area contributed by atoms with Crippen molar-refractivity contribution in [2.24, 2.45) is 0 Å². The van der Waals surface area contributed by atoms with Gasteiger partial charge in [-0.25, -0.2) is 0 Å². The highest BCUT2D eigenvalue weighted by Crippen LogP contribution is 2.23. The monoisotopic (exact) mass is 410 g/mol.